The Bertz CT molecular complexity index is 1110. The van der Waals surface area contributed by atoms with Gasteiger partial charge in [0.25, 0.3) is 5.91 Å². The van der Waals surface area contributed by atoms with Crippen molar-refractivity contribution in [2.75, 3.05) is 31.6 Å². The van der Waals surface area contributed by atoms with Gasteiger partial charge in [-0.2, -0.15) is 5.10 Å². The normalized spacial score (nSPS) is 14.2. The van der Waals surface area contributed by atoms with Crippen LogP contribution in [0.2, 0.25) is 0 Å². The van der Waals surface area contributed by atoms with Crippen molar-refractivity contribution >= 4 is 34.2 Å². The topological polar surface area (TPSA) is 76.5 Å². The summed E-state index contributed by atoms with van der Waals surface area (Å²) in [5.41, 5.74) is 3.27. The lowest BCUT2D eigenvalue weighted by Crippen LogP contribution is -2.41. The van der Waals surface area contributed by atoms with Crippen LogP contribution in [0.5, 0.6) is 0 Å². The second-order valence-corrected chi connectivity index (χ2v) is 8.32. The molecule has 0 radical (unpaired) electrons. The zero-order chi connectivity index (χ0) is 21.8. The van der Waals surface area contributed by atoms with Crippen LogP contribution in [-0.4, -0.2) is 52.8 Å². The number of ether oxygens (including phenoxy) is 1. The Morgan fingerprint density at radius 1 is 1.19 bits per heavy atom. The highest BCUT2D eigenvalue weighted by atomic mass is 32.1. The molecule has 7 nitrogen and oxygen atoms in total. The predicted octanol–water partition coefficient (Wildman–Crippen LogP) is 3.58. The summed E-state index contributed by atoms with van der Waals surface area (Å²) in [6.45, 7) is 4.08. The first-order valence-corrected chi connectivity index (χ1v) is 10.9. The van der Waals surface area contributed by atoms with Gasteiger partial charge < -0.3 is 15.0 Å². The van der Waals surface area contributed by atoms with E-state index in [4.69, 9.17) is 4.74 Å². The summed E-state index contributed by atoms with van der Waals surface area (Å²) in [6, 6.07) is 9.91. The van der Waals surface area contributed by atoms with Crippen molar-refractivity contribution in [1.29, 1.82) is 0 Å². The van der Waals surface area contributed by atoms with Gasteiger partial charge in [-0.05, 0) is 24.1 Å². The fourth-order valence-corrected chi connectivity index (χ4v) is 4.71. The second-order valence-electron chi connectivity index (χ2n) is 7.30. The molecule has 3 heterocycles. The van der Waals surface area contributed by atoms with E-state index in [2.05, 4.69) is 10.4 Å². The number of anilines is 1. The average molecular weight is 437 g/mol. The van der Waals surface area contributed by atoms with Crippen LogP contribution in [-0.2, 0) is 16.6 Å². The van der Waals surface area contributed by atoms with Crippen LogP contribution in [0.1, 0.15) is 21.5 Å². The molecule has 1 N–H and O–H groups in total. The van der Waals surface area contributed by atoms with E-state index in [1.165, 1.54) is 17.4 Å². The summed E-state index contributed by atoms with van der Waals surface area (Å²) >= 11 is 1.42. The number of nitrogens with one attached hydrogen (secondary N) is 1. The van der Waals surface area contributed by atoms with E-state index >= 15 is 0 Å². The molecule has 160 valence electrons. The van der Waals surface area contributed by atoms with Crippen LogP contribution < -0.4 is 5.32 Å². The summed E-state index contributed by atoms with van der Waals surface area (Å²) in [6.07, 6.45) is 6.65. The molecule has 1 aromatic carbocycles. The van der Waals surface area contributed by atoms with Gasteiger partial charge in [-0.15, -0.1) is 11.3 Å². The van der Waals surface area contributed by atoms with Gasteiger partial charge >= 0.3 is 0 Å². The van der Waals surface area contributed by atoms with Gasteiger partial charge in [-0.3, -0.25) is 14.3 Å². The lowest BCUT2D eigenvalue weighted by molar-refractivity contribution is -0.111. The Morgan fingerprint density at radius 3 is 2.61 bits per heavy atom. The van der Waals surface area contributed by atoms with Crippen LogP contribution in [0.4, 0.5) is 5.00 Å². The smallest absolute Gasteiger partial charge is 0.257 e. The van der Waals surface area contributed by atoms with Crippen molar-refractivity contribution < 1.29 is 14.3 Å². The first-order chi connectivity index (χ1) is 15.0. The molecule has 3 aromatic rings. The van der Waals surface area contributed by atoms with Crippen LogP contribution in [0, 0.1) is 6.92 Å². The van der Waals surface area contributed by atoms with Gasteiger partial charge in [0.1, 0.15) is 5.00 Å². The van der Waals surface area contributed by atoms with Crippen LogP contribution in [0.15, 0.2) is 48.8 Å². The van der Waals surface area contributed by atoms with Crippen molar-refractivity contribution in [2.24, 2.45) is 7.05 Å². The lowest BCUT2D eigenvalue weighted by atomic mass is 10.1. The summed E-state index contributed by atoms with van der Waals surface area (Å²) in [5.74, 6) is -0.369. The molecule has 0 unspecified atom stereocenters. The number of carbonyl (C=O) groups is 2. The molecular formula is C23H24N4O3S. The molecule has 2 amide bonds. The fourth-order valence-electron chi connectivity index (χ4n) is 3.50. The molecular weight excluding hydrogens is 412 g/mol. The van der Waals surface area contributed by atoms with Gasteiger partial charge in [-0.25, -0.2) is 0 Å². The minimum Gasteiger partial charge on any atom is -0.378 e. The van der Waals surface area contributed by atoms with Gasteiger partial charge in [0.15, 0.2) is 0 Å². The van der Waals surface area contributed by atoms with E-state index < -0.39 is 0 Å². The number of aromatic nitrogens is 2. The molecule has 2 aromatic heterocycles. The molecule has 8 heteroatoms. The van der Waals surface area contributed by atoms with Crippen LogP contribution in [0.3, 0.4) is 0 Å². The molecule has 1 saturated heterocycles. The van der Waals surface area contributed by atoms with Crippen LogP contribution >= 0.6 is 11.3 Å². The maximum absolute atomic E-state index is 13.3. The van der Waals surface area contributed by atoms with E-state index in [1.54, 1.807) is 21.9 Å². The Labute approximate surface area is 184 Å². The Kier molecular flexibility index (Phi) is 6.29. The van der Waals surface area contributed by atoms with Crippen molar-refractivity contribution in [3.8, 4) is 10.4 Å². The third kappa shape index (κ3) is 4.76. The van der Waals surface area contributed by atoms with E-state index in [0.29, 0.717) is 36.9 Å². The third-order valence-electron chi connectivity index (χ3n) is 5.08. The zero-order valence-electron chi connectivity index (χ0n) is 17.5. The maximum Gasteiger partial charge on any atom is 0.257 e. The quantitative estimate of drug-likeness (QED) is 0.621. The van der Waals surface area contributed by atoms with E-state index in [9.17, 15) is 9.59 Å². The fraction of sp³-hybridized carbons (Fsp3) is 0.261. The minimum absolute atomic E-state index is 0.0780. The second kappa shape index (κ2) is 9.28. The number of aryl methyl sites for hydroxylation is 1. The molecule has 1 aliphatic rings. The Morgan fingerprint density at radius 2 is 1.94 bits per heavy atom. The largest absolute Gasteiger partial charge is 0.378 e. The van der Waals surface area contributed by atoms with E-state index in [1.807, 2.05) is 50.5 Å². The maximum atomic E-state index is 13.3. The molecule has 0 atom stereocenters. The molecule has 31 heavy (non-hydrogen) atoms. The van der Waals surface area contributed by atoms with Crippen LogP contribution in [0.25, 0.3) is 16.5 Å². The van der Waals surface area contributed by atoms with Gasteiger partial charge in [-0.1, -0.05) is 30.3 Å². The highest BCUT2D eigenvalue weighted by Crippen LogP contribution is 2.40. The molecule has 0 spiro atoms. The standard InChI is InChI=1S/C23H24N4O3S/c1-16-20(23(29)27-10-12-30-13-11-27)22(31-21(16)18-6-4-3-5-7-18)25-19(28)9-8-17-14-24-26(2)15-17/h3-9,14-15H,10-13H2,1-2H3,(H,25,28)/b9-8+. The van der Waals surface area contributed by atoms with Crippen molar-refractivity contribution in [3.05, 3.63) is 65.5 Å². The summed E-state index contributed by atoms with van der Waals surface area (Å²) in [4.78, 5) is 28.7. The van der Waals surface area contributed by atoms with E-state index in [0.717, 1.165) is 21.6 Å². The monoisotopic (exact) mass is 436 g/mol. The van der Waals surface area contributed by atoms with Crippen molar-refractivity contribution in [2.45, 2.75) is 6.92 Å². The predicted molar refractivity (Wildman–Crippen MR) is 122 cm³/mol. The lowest BCUT2D eigenvalue weighted by Gasteiger charge is -2.27. The molecule has 0 saturated carbocycles. The number of thiophene rings is 1. The summed E-state index contributed by atoms with van der Waals surface area (Å²) in [5, 5.41) is 7.58. The molecule has 1 aliphatic heterocycles. The average Bonchev–Trinajstić information content (AvgIpc) is 3.35. The van der Waals surface area contributed by atoms with Crippen molar-refractivity contribution in [1.82, 2.24) is 14.7 Å². The Hall–Kier alpha value is -3.23. The Balaban J connectivity index is 1.65. The zero-order valence-corrected chi connectivity index (χ0v) is 18.3. The first-order valence-electron chi connectivity index (χ1n) is 10.1. The highest BCUT2D eigenvalue weighted by molar-refractivity contribution is 7.20. The third-order valence-corrected chi connectivity index (χ3v) is 6.34. The number of hydrogen-bond acceptors (Lipinski definition) is 5. The highest BCUT2D eigenvalue weighted by Gasteiger charge is 2.27. The minimum atomic E-state index is -0.291. The molecule has 4 rings (SSSR count). The number of rotatable bonds is 5. The summed E-state index contributed by atoms with van der Waals surface area (Å²) < 4.78 is 7.06. The molecule has 1 fully saturated rings. The number of carbonyl (C=O) groups excluding carboxylic acids is 2. The number of nitrogens with zero attached hydrogens (tertiary/aromatic N) is 3. The van der Waals surface area contributed by atoms with Crippen molar-refractivity contribution in [3.63, 3.8) is 0 Å². The van der Waals surface area contributed by atoms with Gasteiger partial charge in [0, 0.05) is 42.9 Å². The van der Waals surface area contributed by atoms with Gasteiger partial charge in [0.05, 0.1) is 25.0 Å². The van der Waals surface area contributed by atoms with Gasteiger partial charge in [0.2, 0.25) is 5.91 Å². The summed E-state index contributed by atoms with van der Waals surface area (Å²) in [7, 11) is 1.82. The number of morpholine rings is 1. The SMILES string of the molecule is Cc1c(-c2ccccc2)sc(NC(=O)/C=C/c2cnn(C)c2)c1C(=O)N1CCOCC1. The molecule has 0 bridgehead atoms. The molecule has 0 aliphatic carbocycles. The number of benzene rings is 1. The van der Waals surface area contributed by atoms with E-state index in [-0.39, 0.29) is 11.8 Å². The number of amides is 2. The first kappa shape index (κ1) is 21.0. The number of hydrogen-bond donors (Lipinski definition) is 1.